The molecule has 0 heterocycles. The van der Waals surface area contributed by atoms with E-state index >= 15 is 0 Å². The molecule has 0 bridgehead atoms. The van der Waals surface area contributed by atoms with E-state index in [0.717, 1.165) is 25.9 Å². The summed E-state index contributed by atoms with van der Waals surface area (Å²) in [6.07, 6.45) is 16.5. The van der Waals surface area contributed by atoms with Gasteiger partial charge in [-0.1, -0.05) is 101 Å². The van der Waals surface area contributed by atoms with Crippen molar-refractivity contribution in [2.45, 2.75) is 77.3 Å². The van der Waals surface area contributed by atoms with Crippen molar-refractivity contribution in [2.24, 2.45) is 0 Å². The van der Waals surface area contributed by atoms with Crippen molar-refractivity contribution in [3.8, 4) is 11.5 Å². The summed E-state index contributed by atoms with van der Waals surface area (Å²) in [4.78, 5) is 13.6. The zero-order valence-corrected chi connectivity index (χ0v) is 23.4. The zero-order valence-electron chi connectivity index (χ0n) is 22.5. The van der Waals surface area contributed by atoms with Gasteiger partial charge in [-0.05, 0) is 56.3 Å². The summed E-state index contributed by atoms with van der Waals surface area (Å²) in [6, 6.07) is 18.8. The van der Waals surface area contributed by atoms with E-state index in [9.17, 15) is 4.79 Å². The highest BCUT2D eigenvalue weighted by molar-refractivity contribution is 7.67. The van der Waals surface area contributed by atoms with E-state index in [-0.39, 0.29) is 11.2 Å². The number of nitrogens with one attached hydrogen (secondary N) is 2. The van der Waals surface area contributed by atoms with Crippen LogP contribution < -0.4 is 19.7 Å². The number of carbonyl (C=O) groups excluding carboxylic acids is 1. The lowest BCUT2D eigenvalue weighted by atomic mass is 9.96. The lowest BCUT2D eigenvalue weighted by Gasteiger charge is -2.35. The maximum Gasteiger partial charge on any atom is 0.370 e. The van der Waals surface area contributed by atoms with E-state index in [2.05, 4.69) is 30.6 Å². The van der Waals surface area contributed by atoms with Crippen molar-refractivity contribution in [2.75, 3.05) is 13.1 Å². The Hall–Kier alpha value is -2.46. The fraction of sp³-hybridized carbons (Fsp3) is 0.452. The number of benzene rings is 2. The van der Waals surface area contributed by atoms with Crippen molar-refractivity contribution in [3.05, 3.63) is 84.5 Å². The molecule has 0 radical (unpaired) electrons. The van der Waals surface area contributed by atoms with Gasteiger partial charge in [-0.25, -0.2) is 0 Å². The predicted octanol–water partition coefficient (Wildman–Crippen LogP) is 7.91. The summed E-state index contributed by atoms with van der Waals surface area (Å²) in [7, 11) is -1.86. The van der Waals surface area contributed by atoms with Gasteiger partial charge in [-0.2, -0.15) is 0 Å². The molecule has 3 rings (SSSR count). The summed E-state index contributed by atoms with van der Waals surface area (Å²) >= 11 is 0. The minimum atomic E-state index is -1.86. The summed E-state index contributed by atoms with van der Waals surface area (Å²) in [5.74, 6) is 1.24. The second-order valence-electron chi connectivity index (χ2n) is 9.51. The Kier molecular flexibility index (Phi) is 12.9. The molecule has 0 amide bonds. The molecule has 2 aromatic carbocycles. The van der Waals surface area contributed by atoms with Crippen molar-refractivity contribution in [1.29, 1.82) is 0 Å². The first-order valence-corrected chi connectivity index (χ1v) is 15.0. The van der Waals surface area contributed by atoms with Crippen LogP contribution in [0.5, 0.6) is 11.5 Å². The van der Waals surface area contributed by atoms with Crippen LogP contribution in [0, 0.1) is 0 Å². The second kappa shape index (κ2) is 16.4. The monoisotopic (exact) mass is 522 g/mol. The van der Waals surface area contributed by atoms with Crippen molar-refractivity contribution >= 4 is 13.9 Å². The lowest BCUT2D eigenvalue weighted by molar-refractivity contribution is -0.109. The number of carbonyl (C=O) groups is 1. The molecule has 0 spiro atoms. The van der Waals surface area contributed by atoms with Crippen LogP contribution in [0.4, 0.5) is 0 Å². The van der Waals surface area contributed by atoms with Gasteiger partial charge in [0.25, 0.3) is 5.52 Å². The molecule has 0 saturated heterocycles. The molecule has 6 heteroatoms. The van der Waals surface area contributed by atoms with Crippen molar-refractivity contribution in [3.63, 3.8) is 0 Å². The van der Waals surface area contributed by atoms with E-state index in [1.54, 1.807) is 0 Å². The molecule has 0 saturated carbocycles. The first-order chi connectivity index (χ1) is 18.2. The minimum absolute atomic E-state index is 0.126. The standard InChI is InChI=1S/C31H43N2O3P/c1-3-5-7-15-25-32-31(33-26-16-8-6-4-2)23-21-27(22-24-31)30(34)37(35-28-17-11-9-12-18-28)36-29-19-13-10-14-20-29/h9-14,17-23,32-33H,3-8,15-16,24-26H2,1-2H3. The number of unbranched alkanes of at least 4 members (excludes halogenated alkanes) is 6. The molecule has 0 unspecified atom stereocenters. The van der Waals surface area contributed by atoms with Crippen LogP contribution in [0.15, 0.2) is 84.5 Å². The fourth-order valence-electron chi connectivity index (χ4n) is 4.21. The highest BCUT2D eigenvalue weighted by Gasteiger charge is 2.33. The number of rotatable bonds is 18. The lowest BCUT2D eigenvalue weighted by Crippen LogP contribution is -2.56. The average Bonchev–Trinajstić information content (AvgIpc) is 2.94. The van der Waals surface area contributed by atoms with E-state index in [0.29, 0.717) is 23.5 Å². The molecule has 1 aliphatic rings. The molecule has 2 aromatic rings. The van der Waals surface area contributed by atoms with Crippen LogP contribution in [0.1, 0.15) is 71.6 Å². The van der Waals surface area contributed by atoms with Crippen molar-refractivity contribution < 1.29 is 13.8 Å². The Morgan fingerprint density at radius 2 is 1.30 bits per heavy atom. The fourth-order valence-corrected chi connectivity index (χ4v) is 5.42. The van der Waals surface area contributed by atoms with Gasteiger partial charge >= 0.3 is 8.38 Å². The van der Waals surface area contributed by atoms with Gasteiger partial charge in [-0.3, -0.25) is 15.4 Å². The van der Waals surface area contributed by atoms with Gasteiger partial charge in [-0.15, -0.1) is 0 Å². The van der Waals surface area contributed by atoms with Gasteiger partial charge < -0.3 is 9.05 Å². The molecule has 37 heavy (non-hydrogen) atoms. The topological polar surface area (TPSA) is 59.6 Å². The molecule has 0 aromatic heterocycles. The first-order valence-electron chi connectivity index (χ1n) is 13.9. The van der Waals surface area contributed by atoms with Crippen LogP contribution in [0.25, 0.3) is 0 Å². The van der Waals surface area contributed by atoms with Gasteiger partial charge in [0.05, 0.1) is 5.66 Å². The third kappa shape index (κ3) is 10.1. The highest BCUT2D eigenvalue weighted by atomic mass is 31.2. The Bertz CT molecular complexity index is 923. The molecule has 5 nitrogen and oxygen atoms in total. The third-order valence-electron chi connectivity index (χ3n) is 6.41. The smallest absolute Gasteiger partial charge is 0.370 e. The number of allylic oxidation sites excluding steroid dienone is 2. The average molecular weight is 523 g/mol. The SMILES string of the molecule is CCCCCCNC1(NCCCCCC)C=CC(C(=O)P(Oc2ccccc2)Oc2ccccc2)=CC1. The maximum absolute atomic E-state index is 13.6. The predicted molar refractivity (Wildman–Crippen MR) is 155 cm³/mol. The van der Waals surface area contributed by atoms with Gasteiger partial charge in [0.15, 0.2) is 0 Å². The molecule has 0 fully saturated rings. The van der Waals surface area contributed by atoms with Gasteiger partial charge in [0.1, 0.15) is 11.5 Å². The van der Waals surface area contributed by atoms with E-state index in [4.69, 9.17) is 9.05 Å². The molecular weight excluding hydrogens is 479 g/mol. The Morgan fingerprint density at radius 1 is 0.784 bits per heavy atom. The molecule has 200 valence electrons. The number of hydrogen-bond donors (Lipinski definition) is 2. The Morgan fingerprint density at radius 3 is 1.73 bits per heavy atom. The number of para-hydroxylation sites is 2. The minimum Gasteiger partial charge on any atom is -0.433 e. The zero-order chi connectivity index (χ0) is 26.2. The van der Waals surface area contributed by atoms with Gasteiger partial charge in [0.2, 0.25) is 0 Å². The normalized spacial score (nSPS) is 14.4. The second-order valence-corrected chi connectivity index (χ2v) is 10.8. The summed E-state index contributed by atoms with van der Waals surface area (Å²) < 4.78 is 12.2. The van der Waals surface area contributed by atoms with E-state index in [1.807, 2.05) is 72.8 Å². The molecule has 0 aliphatic heterocycles. The van der Waals surface area contributed by atoms with Crippen LogP contribution in [0.3, 0.4) is 0 Å². The maximum atomic E-state index is 13.6. The first kappa shape index (κ1) is 29.1. The summed E-state index contributed by atoms with van der Waals surface area (Å²) in [5.41, 5.74) is 0.179. The van der Waals surface area contributed by atoms with Crippen LogP contribution in [-0.2, 0) is 4.79 Å². The Balaban J connectivity index is 1.69. The summed E-state index contributed by atoms with van der Waals surface area (Å²) in [5, 5.41) is 7.48. The van der Waals surface area contributed by atoms with Crippen LogP contribution in [0.2, 0.25) is 0 Å². The molecule has 0 atom stereocenters. The van der Waals surface area contributed by atoms with E-state index < -0.39 is 8.38 Å². The quantitative estimate of drug-likeness (QED) is 0.118. The molecule has 1 aliphatic carbocycles. The largest absolute Gasteiger partial charge is 0.433 e. The highest BCUT2D eigenvalue weighted by Crippen LogP contribution is 2.44. The third-order valence-corrected chi connectivity index (χ3v) is 7.75. The molecular formula is C31H43N2O3P. The summed E-state index contributed by atoms with van der Waals surface area (Å²) in [6.45, 7) is 6.37. The number of hydrogen-bond acceptors (Lipinski definition) is 5. The van der Waals surface area contributed by atoms with Crippen molar-refractivity contribution in [1.82, 2.24) is 10.6 Å². The van der Waals surface area contributed by atoms with E-state index in [1.165, 1.54) is 38.5 Å². The Labute approximate surface area is 224 Å². The molecule has 2 N–H and O–H groups in total. The van der Waals surface area contributed by atoms with Gasteiger partial charge in [0, 0.05) is 12.0 Å². The van der Waals surface area contributed by atoms with Crippen LogP contribution in [-0.4, -0.2) is 24.3 Å². The van der Waals surface area contributed by atoms with Crippen LogP contribution >= 0.6 is 8.38 Å².